The Morgan fingerprint density at radius 1 is 1.17 bits per heavy atom. The number of halogens is 1. The summed E-state index contributed by atoms with van der Waals surface area (Å²) in [5.41, 5.74) is 2.28. The number of nitrogens with one attached hydrogen (secondary N) is 1. The Kier molecular flexibility index (Phi) is 4.09. The summed E-state index contributed by atoms with van der Waals surface area (Å²) in [6.07, 6.45) is 0.242. The number of carboxylic acid groups (broad SMARTS) is 1. The van der Waals surface area contributed by atoms with Crippen LogP contribution in [0.3, 0.4) is 0 Å². The molecule has 1 aliphatic heterocycles. The first-order valence-corrected chi connectivity index (χ1v) is 7.76. The Bertz CT molecular complexity index is 788. The average molecular weight is 330 g/mol. The quantitative estimate of drug-likeness (QED) is 0.825. The van der Waals surface area contributed by atoms with E-state index in [0.717, 1.165) is 11.3 Å². The maximum Gasteiger partial charge on any atom is 0.336 e. The first-order chi connectivity index (χ1) is 11.0. The van der Waals surface area contributed by atoms with Crippen LogP contribution in [0.15, 0.2) is 42.5 Å². The van der Waals surface area contributed by atoms with Gasteiger partial charge in [0, 0.05) is 34.7 Å². The van der Waals surface area contributed by atoms with E-state index in [4.69, 9.17) is 11.6 Å². The van der Waals surface area contributed by atoms with Crippen molar-refractivity contribution in [2.24, 2.45) is 0 Å². The number of anilines is 1. The van der Waals surface area contributed by atoms with Gasteiger partial charge in [-0.1, -0.05) is 29.8 Å². The molecule has 2 aromatic carbocycles. The van der Waals surface area contributed by atoms with Crippen molar-refractivity contribution in [1.29, 1.82) is 0 Å². The van der Waals surface area contributed by atoms with Crippen molar-refractivity contribution in [3.8, 4) is 0 Å². The van der Waals surface area contributed by atoms with Crippen LogP contribution in [0.5, 0.6) is 0 Å². The minimum Gasteiger partial charge on any atom is -0.478 e. The molecule has 0 saturated carbocycles. The van der Waals surface area contributed by atoms with Crippen LogP contribution in [-0.4, -0.2) is 22.9 Å². The highest BCUT2D eigenvalue weighted by Gasteiger charge is 2.31. The van der Waals surface area contributed by atoms with Crippen molar-refractivity contribution >= 4 is 29.0 Å². The van der Waals surface area contributed by atoms with E-state index in [0.29, 0.717) is 5.02 Å². The predicted molar refractivity (Wildman–Crippen MR) is 89.6 cm³/mol. The number of carboxylic acids is 1. The number of aromatic carboxylic acids is 1. The van der Waals surface area contributed by atoms with Crippen molar-refractivity contribution in [2.45, 2.75) is 25.3 Å². The lowest BCUT2D eigenvalue weighted by atomic mass is 9.88. The van der Waals surface area contributed by atoms with Gasteiger partial charge in [-0.3, -0.25) is 4.79 Å². The van der Waals surface area contributed by atoms with Crippen LogP contribution in [0.25, 0.3) is 0 Å². The summed E-state index contributed by atoms with van der Waals surface area (Å²) in [6, 6.07) is 12.0. The third kappa shape index (κ3) is 2.94. The van der Waals surface area contributed by atoms with Gasteiger partial charge in [0.1, 0.15) is 0 Å². The number of ketones is 1. The molecule has 0 spiro atoms. The standard InChI is InChI=1S/C18H16ClNO3/c1-10-14(15-8-11(19)6-7-16(15)20-10)9-17(21)12-4-2-3-5-13(12)18(22)23/h2-8,10,14,20H,9H2,1H3,(H,22,23). The predicted octanol–water partition coefficient (Wildman–Crippen LogP) is 4.21. The summed E-state index contributed by atoms with van der Waals surface area (Å²) in [7, 11) is 0. The molecule has 2 N–H and O–H groups in total. The molecule has 2 aromatic rings. The highest BCUT2D eigenvalue weighted by atomic mass is 35.5. The van der Waals surface area contributed by atoms with Gasteiger partial charge < -0.3 is 10.4 Å². The van der Waals surface area contributed by atoms with Crippen LogP contribution in [0.4, 0.5) is 5.69 Å². The van der Waals surface area contributed by atoms with E-state index in [9.17, 15) is 14.7 Å². The molecule has 5 heteroatoms. The van der Waals surface area contributed by atoms with E-state index in [-0.39, 0.29) is 35.3 Å². The molecule has 4 nitrogen and oxygen atoms in total. The van der Waals surface area contributed by atoms with E-state index in [1.165, 1.54) is 6.07 Å². The lowest BCUT2D eigenvalue weighted by Gasteiger charge is -2.16. The molecule has 2 unspecified atom stereocenters. The van der Waals surface area contributed by atoms with Crippen molar-refractivity contribution in [2.75, 3.05) is 5.32 Å². The number of Topliss-reactive ketones (excluding diaryl/α,β-unsaturated/α-hetero) is 1. The van der Waals surface area contributed by atoms with Gasteiger partial charge >= 0.3 is 5.97 Å². The monoisotopic (exact) mass is 329 g/mol. The van der Waals surface area contributed by atoms with Crippen LogP contribution in [0.2, 0.25) is 5.02 Å². The summed E-state index contributed by atoms with van der Waals surface area (Å²) >= 11 is 6.07. The van der Waals surface area contributed by atoms with Gasteiger partial charge in [0.15, 0.2) is 5.78 Å². The Balaban J connectivity index is 1.90. The van der Waals surface area contributed by atoms with Gasteiger partial charge in [-0.25, -0.2) is 4.79 Å². The molecular weight excluding hydrogens is 314 g/mol. The summed E-state index contributed by atoms with van der Waals surface area (Å²) in [4.78, 5) is 23.9. The zero-order valence-electron chi connectivity index (χ0n) is 12.5. The topological polar surface area (TPSA) is 66.4 Å². The Morgan fingerprint density at radius 2 is 1.87 bits per heavy atom. The zero-order valence-corrected chi connectivity index (χ0v) is 13.3. The molecule has 1 aliphatic rings. The molecule has 1 heterocycles. The fourth-order valence-corrected chi connectivity index (χ4v) is 3.28. The Hall–Kier alpha value is -2.33. The summed E-state index contributed by atoms with van der Waals surface area (Å²) in [5, 5.41) is 13.2. The number of fused-ring (bicyclic) bond motifs is 1. The molecule has 0 aromatic heterocycles. The minimum absolute atomic E-state index is 0.0296. The summed E-state index contributed by atoms with van der Waals surface area (Å²) < 4.78 is 0. The third-order valence-electron chi connectivity index (χ3n) is 4.26. The summed E-state index contributed by atoms with van der Waals surface area (Å²) in [6.45, 7) is 2.01. The molecule has 0 amide bonds. The van der Waals surface area contributed by atoms with E-state index < -0.39 is 5.97 Å². The highest BCUT2D eigenvalue weighted by molar-refractivity contribution is 6.30. The molecule has 0 saturated heterocycles. The smallest absolute Gasteiger partial charge is 0.336 e. The number of carbonyl (C=O) groups excluding carboxylic acids is 1. The van der Waals surface area contributed by atoms with Gasteiger partial charge in [0.25, 0.3) is 0 Å². The second kappa shape index (κ2) is 6.05. The maximum atomic E-state index is 12.6. The first kappa shape index (κ1) is 15.6. The lowest BCUT2D eigenvalue weighted by Crippen LogP contribution is -2.20. The van der Waals surface area contributed by atoms with Crippen molar-refractivity contribution in [3.05, 3.63) is 64.2 Å². The molecule has 0 fully saturated rings. The summed E-state index contributed by atoms with van der Waals surface area (Å²) in [5.74, 6) is -1.29. The van der Waals surface area contributed by atoms with Gasteiger partial charge in [-0.15, -0.1) is 0 Å². The van der Waals surface area contributed by atoms with Crippen LogP contribution < -0.4 is 5.32 Å². The second-order valence-corrected chi connectivity index (χ2v) is 6.19. The Labute approximate surface area is 139 Å². The number of hydrogen-bond donors (Lipinski definition) is 2. The molecular formula is C18H16ClNO3. The largest absolute Gasteiger partial charge is 0.478 e. The van der Waals surface area contributed by atoms with Gasteiger partial charge in [-0.05, 0) is 36.8 Å². The molecule has 118 valence electrons. The van der Waals surface area contributed by atoms with Crippen LogP contribution in [-0.2, 0) is 0 Å². The molecule has 23 heavy (non-hydrogen) atoms. The van der Waals surface area contributed by atoms with Gasteiger partial charge in [0.2, 0.25) is 0 Å². The molecule has 3 rings (SSSR count). The lowest BCUT2D eigenvalue weighted by molar-refractivity contribution is 0.0691. The fraction of sp³-hybridized carbons (Fsp3) is 0.222. The van der Waals surface area contributed by atoms with Crippen molar-refractivity contribution in [3.63, 3.8) is 0 Å². The molecule has 0 aliphatic carbocycles. The van der Waals surface area contributed by atoms with E-state index in [1.807, 2.05) is 25.1 Å². The van der Waals surface area contributed by atoms with Crippen LogP contribution in [0, 0.1) is 0 Å². The van der Waals surface area contributed by atoms with Gasteiger partial charge in [-0.2, -0.15) is 0 Å². The van der Waals surface area contributed by atoms with Crippen molar-refractivity contribution in [1.82, 2.24) is 0 Å². The van der Waals surface area contributed by atoms with Gasteiger partial charge in [0.05, 0.1) is 5.56 Å². The van der Waals surface area contributed by atoms with Crippen LogP contribution >= 0.6 is 11.6 Å². The second-order valence-electron chi connectivity index (χ2n) is 5.75. The van der Waals surface area contributed by atoms with E-state index >= 15 is 0 Å². The SMILES string of the molecule is CC1Nc2ccc(Cl)cc2C1CC(=O)c1ccccc1C(=O)O. The average Bonchev–Trinajstić information content (AvgIpc) is 2.83. The zero-order chi connectivity index (χ0) is 16.6. The fourth-order valence-electron chi connectivity index (χ4n) is 3.10. The first-order valence-electron chi connectivity index (χ1n) is 7.39. The van der Waals surface area contributed by atoms with Crippen molar-refractivity contribution < 1.29 is 14.7 Å². The maximum absolute atomic E-state index is 12.6. The normalized spacial score (nSPS) is 19.0. The van der Waals surface area contributed by atoms with Crippen LogP contribution in [0.1, 0.15) is 45.5 Å². The number of hydrogen-bond acceptors (Lipinski definition) is 3. The molecule has 2 atom stereocenters. The number of carbonyl (C=O) groups is 2. The van der Waals surface area contributed by atoms with E-state index in [2.05, 4.69) is 5.32 Å². The number of benzene rings is 2. The highest BCUT2D eigenvalue weighted by Crippen LogP contribution is 2.40. The third-order valence-corrected chi connectivity index (χ3v) is 4.50. The molecule has 0 radical (unpaired) electrons. The van der Waals surface area contributed by atoms with E-state index in [1.54, 1.807) is 18.2 Å². The minimum atomic E-state index is -1.09. The Morgan fingerprint density at radius 3 is 2.57 bits per heavy atom. The molecule has 0 bridgehead atoms. The number of rotatable bonds is 4.